The smallest absolute Gasteiger partial charge is 0.243 e. The summed E-state index contributed by atoms with van der Waals surface area (Å²) < 4.78 is 32.5. The third-order valence-electron chi connectivity index (χ3n) is 4.79. The molecule has 142 valence electrons. The highest BCUT2D eigenvalue weighted by Crippen LogP contribution is 2.21. The molecule has 7 nitrogen and oxygen atoms in total. The van der Waals surface area contributed by atoms with Crippen molar-refractivity contribution in [3.8, 4) is 0 Å². The van der Waals surface area contributed by atoms with Crippen LogP contribution >= 0.6 is 0 Å². The van der Waals surface area contributed by atoms with Crippen LogP contribution in [0.15, 0.2) is 27.6 Å². The zero-order chi connectivity index (χ0) is 18.7. The summed E-state index contributed by atoms with van der Waals surface area (Å²) in [6.07, 6.45) is 1.79. The molecule has 0 bridgehead atoms. The highest BCUT2D eigenvalue weighted by Gasteiger charge is 2.29. The number of sulfonamides is 1. The fourth-order valence-electron chi connectivity index (χ4n) is 3.02. The standard InChI is InChI=1S/C18H26N4O3S/c1-4-5-17-19-18(25-20-17)13-21-8-10-22(11-9-21)26(23,24)16-7-6-14(2)15(3)12-16/h6-7,12H,4-5,8-11,13H2,1-3H3. The SMILES string of the molecule is CCCc1noc(CN2CCN(S(=O)(=O)c3ccc(C)c(C)c3)CC2)n1. The fourth-order valence-corrected chi connectivity index (χ4v) is 4.53. The predicted octanol–water partition coefficient (Wildman–Crippen LogP) is 2.15. The average Bonchev–Trinajstić information content (AvgIpc) is 3.05. The Bertz CT molecular complexity index is 855. The van der Waals surface area contributed by atoms with Crippen molar-refractivity contribution in [3.05, 3.63) is 41.0 Å². The van der Waals surface area contributed by atoms with Gasteiger partial charge >= 0.3 is 0 Å². The molecule has 2 heterocycles. The van der Waals surface area contributed by atoms with E-state index in [-0.39, 0.29) is 0 Å². The van der Waals surface area contributed by atoms with Crippen LogP contribution in [-0.2, 0) is 23.0 Å². The third kappa shape index (κ3) is 4.13. The molecule has 0 aliphatic carbocycles. The fraction of sp³-hybridized carbons (Fsp3) is 0.556. The van der Waals surface area contributed by atoms with Gasteiger partial charge in [0.25, 0.3) is 0 Å². The van der Waals surface area contributed by atoms with E-state index in [9.17, 15) is 8.42 Å². The van der Waals surface area contributed by atoms with Crippen LogP contribution in [-0.4, -0.2) is 53.9 Å². The van der Waals surface area contributed by atoms with E-state index in [1.165, 1.54) is 0 Å². The van der Waals surface area contributed by atoms with E-state index in [1.807, 2.05) is 19.9 Å². The Kier molecular flexibility index (Phi) is 5.74. The first kappa shape index (κ1) is 19.0. The Morgan fingerprint density at radius 1 is 1.12 bits per heavy atom. The summed E-state index contributed by atoms with van der Waals surface area (Å²) in [7, 11) is -3.45. The number of benzene rings is 1. The Morgan fingerprint density at radius 2 is 1.85 bits per heavy atom. The Balaban J connectivity index is 1.61. The van der Waals surface area contributed by atoms with Crippen molar-refractivity contribution < 1.29 is 12.9 Å². The lowest BCUT2D eigenvalue weighted by Gasteiger charge is -2.33. The van der Waals surface area contributed by atoms with Crippen LogP contribution in [0.5, 0.6) is 0 Å². The zero-order valence-electron chi connectivity index (χ0n) is 15.6. The first-order valence-electron chi connectivity index (χ1n) is 9.01. The second-order valence-corrected chi connectivity index (χ2v) is 8.72. The average molecular weight is 378 g/mol. The van der Waals surface area contributed by atoms with Crippen LogP contribution in [0, 0.1) is 13.8 Å². The van der Waals surface area contributed by atoms with Crippen molar-refractivity contribution in [1.82, 2.24) is 19.3 Å². The predicted molar refractivity (Wildman–Crippen MR) is 98.2 cm³/mol. The molecule has 1 aromatic heterocycles. The second kappa shape index (κ2) is 7.85. The molecule has 0 atom stereocenters. The van der Waals surface area contributed by atoms with Crippen LogP contribution in [0.4, 0.5) is 0 Å². The number of hydrogen-bond acceptors (Lipinski definition) is 6. The van der Waals surface area contributed by atoms with E-state index in [0.717, 1.165) is 29.8 Å². The van der Waals surface area contributed by atoms with Gasteiger partial charge in [-0.1, -0.05) is 18.1 Å². The minimum absolute atomic E-state index is 0.371. The maximum absolute atomic E-state index is 12.9. The Morgan fingerprint density at radius 3 is 2.50 bits per heavy atom. The van der Waals surface area contributed by atoms with Gasteiger partial charge in [0.1, 0.15) is 0 Å². The molecule has 1 saturated heterocycles. The molecule has 26 heavy (non-hydrogen) atoms. The van der Waals surface area contributed by atoms with Crippen molar-refractivity contribution in [1.29, 1.82) is 0 Å². The van der Waals surface area contributed by atoms with Gasteiger partial charge in [-0.05, 0) is 43.5 Å². The summed E-state index contributed by atoms with van der Waals surface area (Å²) >= 11 is 0. The van der Waals surface area contributed by atoms with Crippen LogP contribution in [0.1, 0.15) is 36.2 Å². The minimum atomic E-state index is -3.45. The van der Waals surface area contributed by atoms with Crippen molar-refractivity contribution in [2.75, 3.05) is 26.2 Å². The van der Waals surface area contributed by atoms with E-state index >= 15 is 0 Å². The number of aryl methyl sites for hydroxylation is 3. The van der Waals surface area contributed by atoms with Gasteiger partial charge in [-0.25, -0.2) is 8.42 Å². The van der Waals surface area contributed by atoms with Crippen LogP contribution < -0.4 is 0 Å². The summed E-state index contributed by atoms with van der Waals surface area (Å²) in [6, 6.07) is 5.31. The lowest BCUT2D eigenvalue weighted by atomic mass is 10.1. The van der Waals surface area contributed by atoms with Gasteiger partial charge in [0, 0.05) is 32.6 Å². The monoisotopic (exact) mass is 378 g/mol. The van der Waals surface area contributed by atoms with Crippen molar-refractivity contribution in [3.63, 3.8) is 0 Å². The molecule has 1 fully saturated rings. The topological polar surface area (TPSA) is 79.5 Å². The normalized spacial score (nSPS) is 16.9. The molecular formula is C18H26N4O3S. The Hall–Kier alpha value is -1.77. The number of rotatable bonds is 6. The van der Waals surface area contributed by atoms with E-state index in [2.05, 4.69) is 22.0 Å². The molecule has 1 aromatic carbocycles. The summed E-state index contributed by atoms with van der Waals surface area (Å²) in [5, 5.41) is 3.96. The molecule has 0 saturated carbocycles. The van der Waals surface area contributed by atoms with Crippen LogP contribution in [0.3, 0.4) is 0 Å². The van der Waals surface area contributed by atoms with Gasteiger partial charge in [0.15, 0.2) is 5.82 Å². The zero-order valence-corrected chi connectivity index (χ0v) is 16.4. The van der Waals surface area contributed by atoms with Crippen molar-refractivity contribution in [2.45, 2.75) is 45.1 Å². The summed E-state index contributed by atoms with van der Waals surface area (Å²) in [5.41, 5.74) is 2.08. The van der Waals surface area contributed by atoms with Crippen molar-refractivity contribution in [2.24, 2.45) is 0 Å². The highest BCUT2D eigenvalue weighted by molar-refractivity contribution is 7.89. The minimum Gasteiger partial charge on any atom is -0.338 e. The van der Waals surface area contributed by atoms with Gasteiger partial charge in [0.05, 0.1) is 11.4 Å². The number of aromatic nitrogens is 2. The van der Waals surface area contributed by atoms with Gasteiger partial charge in [-0.3, -0.25) is 4.90 Å². The largest absolute Gasteiger partial charge is 0.338 e. The molecule has 2 aromatic rings. The van der Waals surface area contributed by atoms with E-state index < -0.39 is 10.0 Å². The molecule has 8 heteroatoms. The van der Waals surface area contributed by atoms with Gasteiger partial charge in [-0.2, -0.15) is 9.29 Å². The van der Waals surface area contributed by atoms with E-state index in [1.54, 1.807) is 16.4 Å². The summed E-state index contributed by atoms with van der Waals surface area (Å²) in [4.78, 5) is 6.90. The van der Waals surface area contributed by atoms with Gasteiger partial charge < -0.3 is 4.52 Å². The summed E-state index contributed by atoms with van der Waals surface area (Å²) in [6.45, 7) is 8.78. The molecule has 0 radical (unpaired) electrons. The first-order chi connectivity index (χ1) is 12.4. The van der Waals surface area contributed by atoms with Gasteiger partial charge in [-0.15, -0.1) is 0 Å². The first-order valence-corrected chi connectivity index (χ1v) is 10.5. The third-order valence-corrected chi connectivity index (χ3v) is 6.68. The Labute approximate surface area is 155 Å². The van der Waals surface area contributed by atoms with Gasteiger partial charge in [0.2, 0.25) is 15.9 Å². The highest BCUT2D eigenvalue weighted by atomic mass is 32.2. The molecule has 1 aliphatic rings. The molecular weight excluding hydrogens is 352 g/mol. The number of hydrogen-bond donors (Lipinski definition) is 0. The molecule has 3 rings (SSSR count). The maximum atomic E-state index is 12.9. The van der Waals surface area contributed by atoms with Crippen LogP contribution in [0.2, 0.25) is 0 Å². The number of piperazine rings is 1. The molecule has 0 N–H and O–H groups in total. The van der Waals surface area contributed by atoms with Crippen molar-refractivity contribution >= 4 is 10.0 Å². The molecule has 0 spiro atoms. The van der Waals surface area contributed by atoms with E-state index in [4.69, 9.17) is 4.52 Å². The van der Waals surface area contributed by atoms with Crippen LogP contribution in [0.25, 0.3) is 0 Å². The summed E-state index contributed by atoms with van der Waals surface area (Å²) in [5.74, 6) is 1.33. The number of nitrogens with zero attached hydrogens (tertiary/aromatic N) is 4. The molecule has 0 unspecified atom stereocenters. The lowest BCUT2D eigenvalue weighted by molar-refractivity contribution is 0.163. The second-order valence-electron chi connectivity index (χ2n) is 6.78. The molecule has 0 amide bonds. The molecule has 1 aliphatic heterocycles. The lowest BCUT2D eigenvalue weighted by Crippen LogP contribution is -2.48. The maximum Gasteiger partial charge on any atom is 0.243 e. The van der Waals surface area contributed by atoms with E-state index in [0.29, 0.717) is 43.5 Å². The quantitative estimate of drug-likeness (QED) is 0.766.